The van der Waals surface area contributed by atoms with Crippen LogP contribution in [0.4, 0.5) is 5.82 Å². The fourth-order valence-electron chi connectivity index (χ4n) is 4.26. The van der Waals surface area contributed by atoms with Gasteiger partial charge in [-0.1, -0.05) is 18.2 Å². The highest BCUT2D eigenvalue weighted by Crippen LogP contribution is 2.47. The maximum absolute atomic E-state index is 13.9. The molecule has 0 bridgehead atoms. The first-order valence-corrected chi connectivity index (χ1v) is 14.3. The number of hydrogen-bond acceptors (Lipinski definition) is 11. The van der Waals surface area contributed by atoms with Gasteiger partial charge in [0.25, 0.3) is 0 Å². The molecule has 0 amide bonds. The number of fused-ring (bicyclic) bond motifs is 1. The van der Waals surface area contributed by atoms with Gasteiger partial charge in [0, 0.05) is 6.04 Å². The molecular formula is C26H36N5O8P. The lowest BCUT2D eigenvalue weighted by molar-refractivity contribution is -0.153. The summed E-state index contributed by atoms with van der Waals surface area (Å²) in [5.74, 6) is 0.0959. The Balaban J connectivity index is 1.50. The molecule has 0 radical (unpaired) electrons. The van der Waals surface area contributed by atoms with Gasteiger partial charge in [0.1, 0.15) is 48.1 Å². The Kier molecular flexibility index (Phi) is 8.55. The number of nitrogens with one attached hydrogen (secondary N) is 1. The molecule has 4 rings (SSSR count). The summed E-state index contributed by atoms with van der Waals surface area (Å²) in [6, 6.07) is 11.1. The van der Waals surface area contributed by atoms with Gasteiger partial charge in [0.05, 0.1) is 17.7 Å². The molecule has 218 valence electrons. The summed E-state index contributed by atoms with van der Waals surface area (Å²) >= 11 is 0. The van der Waals surface area contributed by atoms with Crippen LogP contribution in [0.15, 0.2) is 48.8 Å². The van der Waals surface area contributed by atoms with Crippen molar-refractivity contribution in [3.05, 3.63) is 54.5 Å². The smallest absolute Gasteiger partial charge is 0.459 e. The van der Waals surface area contributed by atoms with Crippen molar-refractivity contribution in [1.29, 1.82) is 0 Å². The van der Waals surface area contributed by atoms with E-state index >= 15 is 0 Å². The SMILES string of the molecule is C[C@@H](COC(=O)C(C)(C)C)NP(=O)(OC[C@H]1O[C@@](C)(c2ccc3c(N)ncnn23)[C@H](O)[C@@H]1O)Oc1ccccc1. The molecule has 1 aromatic carbocycles. The number of carbonyl (C=O) groups excluding carboxylic acids is 1. The van der Waals surface area contributed by atoms with Crippen LogP contribution >= 0.6 is 7.75 Å². The number of anilines is 1. The zero-order valence-corrected chi connectivity index (χ0v) is 23.9. The molecule has 1 saturated heterocycles. The molecule has 3 aromatic rings. The fraction of sp³-hybridized carbons (Fsp3) is 0.500. The standard InChI is InChI=1S/C26H36N5O8P/c1-16(13-36-24(34)25(2,3)4)30-40(35,39-17-9-7-6-8-10-17)37-14-19-21(32)22(33)26(5,38-19)20-12-11-18-23(27)28-15-29-31(18)20/h6-12,15-16,19,21-22,32-33H,13-14H2,1-5H3,(H,30,35)(H2,27,28,29)/t16-,19+,21+,22+,26-,40?/m0/s1. The van der Waals surface area contributed by atoms with Crippen LogP contribution in [-0.4, -0.2) is 68.3 Å². The van der Waals surface area contributed by atoms with Crippen LogP contribution in [0.1, 0.15) is 40.3 Å². The minimum Gasteiger partial charge on any atom is -0.464 e. The quantitative estimate of drug-likeness (QED) is 0.204. The number of carbonyl (C=O) groups is 1. The zero-order valence-electron chi connectivity index (χ0n) is 23.1. The van der Waals surface area contributed by atoms with Gasteiger partial charge in [0.15, 0.2) is 5.82 Å². The van der Waals surface area contributed by atoms with Crippen molar-refractivity contribution in [3.63, 3.8) is 0 Å². The van der Waals surface area contributed by atoms with Gasteiger partial charge in [-0.2, -0.15) is 5.10 Å². The molecule has 1 aliphatic heterocycles. The van der Waals surface area contributed by atoms with E-state index in [0.717, 1.165) is 0 Å². The Hall–Kier alpha value is -3.06. The maximum atomic E-state index is 13.9. The Labute approximate surface area is 232 Å². The number of hydrogen-bond donors (Lipinski definition) is 4. The number of ether oxygens (including phenoxy) is 2. The fourth-order valence-corrected chi connectivity index (χ4v) is 5.80. The molecule has 1 unspecified atom stereocenters. The number of aliphatic hydroxyl groups excluding tert-OH is 2. The lowest BCUT2D eigenvalue weighted by Crippen LogP contribution is -2.39. The third-order valence-electron chi connectivity index (χ3n) is 6.49. The van der Waals surface area contributed by atoms with Crippen molar-refractivity contribution in [2.75, 3.05) is 18.9 Å². The molecule has 1 fully saturated rings. The Bertz CT molecular complexity index is 1380. The second-order valence-electron chi connectivity index (χ2n) is 10.9. The summed E-state index contributed by atoms with van der Waals surface area (Å²) in [6.45, 7) is 7.96. The monoisotopic (exact) mass is 577 g/mol. The molecule has 2 aromatic heterocycles. The number of esters is 1. The number of nitrogens with two attached hydrogens (primary N) is 1. The predicted octanol–water partition coefficient (Wildman–Crippen LogP) is 2.42. The van der Waals surface area contributed by atoms with Crippen LogP contribution in [0.5, 0.6) is 5.75 Å². The van der Waals surface area contributed by atoms with Gasteiger partial charge in [-0.05, 0) is 58.9 Å². The number of para-hydroxylation sites is 1. The normalized spacial score (nSPS) is 25.4. The van der Waals surface area contributed by atoms with Crippen molar-refractivity contribution < 1.29 is 38.1 Å². The average molecular weight is 578 g/mol. The summed E-state index contributed by atoms with van der Waals surface area (Å²) < 4.78 is 38.2. The first kappa shape index (κ1) is 29.9. The van der Waals surface area contributed by atoms with E-state index in [2.05, 4.69) is 15.2 Å². The first-order valence-electron chi connectivity index (χ1n) is 12.8. The largest absolute Gasteiger partial charge is 0.464 e. The van der Waals surface area contributed by atoms with Gasteiger partial charge in [-0.15, -0.1) is 0 Å². The second-order valence-corrected chi connectivity index (χ2v) is 12.6. The van der Waals surface area contributed by atoms with Crippen LogP contribution in [0.3, 0.4) is 0 Å². The van der Waals surface area contributed by atoms with Crippen molar-refractivity contribution in [2.24, 2.45) is 5.41 Å². The summed E-state index contributed by atoms with van der Waals surface area (Å²) in [7, 11) is -4.10. The van der Waals surface area contributed by atoms with Crippen molar-refractivity contribution in [1.82, 2.24) is 19.7 Å². The lowest BCUT2D eigenvalue weighted by atomic mass is 9.93. The Morgan fingerprint density at radius 2 is 1.95 bits per heavy atom. The number of benzene rings is 1. The van der Waals surface area contributed by atoms with Crippen LogP contribution in [-0.2, 0) is 29.0 Å². The topological polar surface area (TPSA) is 180 Å². The van der Waals surface area contributed by atoms with E-state index in [1.54, 1.807) is 77.1 Å². The van der Waals surface area contributed by atoms with E-state index in [-0.39, 0.29) is 18.2 Å². The molecule has 1 aliphatic rings. The minimum atomic E-state index is -4.10. The van der Waals surface area contributed by atoms with E-state index in [0.29, 0.717) is 11.2 Å². The molecule has 0 saturated carbocycles. The molecule has 5 N–H and O–H groups in total. The van der Waals surface area contributed by atoms with Crippen molar-refractivity contribution in [3.8, 4) is 5.75 Å². The van der Waals surface area contributed by atoms with Gasteiger partial charge in [-0.3, -0.25) is 9.32 Å². The van der Waals surface area contributed by atoms with Gasteiger partial charge < -0.3 is 29.9 Å². The molecule has 6 atom stereocenters. The zero-order chi connectivity index (χ0) is 29.3. The van der Waals surface area contributed by atoms with Crippen molar-refractivity contribution in [2.45, 2.75) is 64.6 Å². The van der Waals surface area contributed by atoms with E-state index in [1.165, 1.54) is 10.8 Å². The first-order chi connectivity index (χ1) is 18.7. The molecule has 40 heavy (non-hydrogen) atoms. The van der Waals surface area contributed by atoms with Gasteiger partial charge in [-0.25, -0.2) is 19.2 Å². The summed E-state index contributed by atoms with van der Waals surface area (Å²) in [4.78, 5) is 16.1. The highest BCUT2D eigenvalue weighted by Gasteiger charge is 2.54. The molecule has 13 nitrogen and oxygen atoms in total. The van der Waals surface area contributed by atoms with Gasteiger partial charge in [0.2, 0.25) is 0 Å². The van der Waals surface area contributed by atoms with Crippen molar-refractivity contribution >= 4 is 25.1 Å². The van der Waals surface area contributed by atoms with Crippen LogP contribution < -0.4 is 15.3 Å². The molecule has 3 heterocycles. The summed E-state index contributed by atoms with van der Waals surface area (Å²) in [6.07, 6.45) is -2.59. The highest BCUT2D eigenvalue weighted by atomic mass is 31.2. The summed E-state index contributed by atoms with van der Waals surface area (Å²) in [5, 5.41) is 28.9. The van der Waals surface area contributed by atoms with E-state index in [9.17, 15) is 19.6 Å². The van der Waals surface area contributed by atoms with Crippen LogP contribution in [0, 0.1) is 5.41 Å². The summed E-state index contributed by atoms with van der Waals surface area (Å²) in [5.41, 5.74) is 4.76. The van der Waals surface area contributed by atoms with E-state index in [1.807, 2.05) is 0 Å². The van der Waals surface area contributed by atoms with Crippen LogP contribution in [0.2, 0.25) is 0 Å². The number of aromatic nitrogens is 3. The number of nitrogens with zero attached hydrogens (tertiary/aromatic N) is 3. The maximum Gasteiger partial charge on any atom is 0.459 e. The number of nitrogen functional groups attached to an aromatic ring is 1. The molecule has 0 spiro atoms. The highest BCUT2D eigenvalue weighted by molar-refractivity contribution is 7.52. The van der Waals surface area contributed by atoms with Crippen LogP contribution in [0.25, 0.3) is 5.52 Å². The predicted molar refractivity (Wildman–Crippen MR) is 145 cm³/mol. The van der Waals surface area contributed by atoms with Gasteiger partial charge >= 0.3 is 13.7 Å². The number of aliphatic hydroxyl groups is 2. The minimum absolute atomic E-state index is 0.0901. The lowest BCUT2D eigenvalue weighted by Gasteiger charge is -2.28. The third kappa shape index (κ3) is 6.30. The molecule has 0 aliphatic carbocycles. The molecule has 14 heteroatoms. The molecular weight excluding hydrogens is 541 g/mol. The average Bonchev–Trinajstić information content (AvgIpc) is 3.43. The Morgan fingerprint density at radius 1 is 1.25 bits per heavy atom. The number of rotatable bonds is 10. The van der Waals surface area contributed by atoms with E-state index in [4.69, 9.17) is 24.3 Å². The van der Waals surface area contributed by atoms with E-state index < -0.39 is 55.7 Å². The Morgan fingerprint density at radius 3 is 2.62 bits per heavy atom. The second kappa shape index (κ2) is 11.4. The third-order valence-corrected chi connectivity index (χ3v) is 8.19.